The third-order valence-electron chi connectivity index (χ3n) is 6.28. The molecule has 0 atom stereocenters. The van der Waals surface area contributed by atoms with E-state index in [1.54, 1.807) is 6.92 Å². The van der Waals surface area contributed by atoms with Crippen LogP contribution < -0.4 is 4.90 Å². The fourth-order valence-corrected chi connectivity index (χ4v) is 5.59. The maximum absolute atomic E-state index is 13.1. The van der Waals surface area contributed by atoms with E-state index in [-0.39, 0.29) is 21.7 Å². The van der Waals surface area contributed by atoms with Crippen molar-refractivity contribution >= 4 is 28.9 Å². The number of nitrogens with zero attached hydrogens (tertiary/aromatic N) is 2. The number of morpholine rings is 1. The van der Waals surface area contributed by atoms with Gasteiger partial charge in [-0.25, -0.2) is 4.79 Å². The first-order chi connectivity index (χ1) is 15.1. The molecular weight excluding hydrogens is 424 g/mol. The van der Waals surface area contributed by atoms with Gasteiger partial charge in [0.05, 0.1) is 23.8 Å². The predicted octanol–water partition coefficient (Wildman–Crippen LogP) is 4.62. The fraction of sp³-hybridized carbons (Fsp3) is 0.680. The molecule has 2 heterocycles. The molecule has 32 heavy (non-hydrogen) atoms. The molecule has 1 saturated heterocycles. The van der Waals surface area contributed by atoms with Crippen molar-refractivity contribution in [3.05, 3.63) is 15.8 Å². The average molecular weight is 461 g/mol. The molecule has 2 aliphatic rings. The maximum atomic E-state index is 13.1. The number of rotatable bonds is 6. The molecule has 7 heteroatoms. The van der Waals surface area contributed by atoms with Gasteiger partial charge in [0.2, 0.25) is 5.91 Å². The number of aromatic carboxylic acids is 1. The van der Waals surface area contributed by atoms with Gasteiger partial charge in [-0.05, 0) is 46.1 Å². The Hall–Kier alpha value is -1.88. The van der Waals surface area contributed by atoms with E-state index in [4.69, 9.17) is 4.74 Å². The second kappa shape index (κ2) is 10.4. The zero-order valence-corrected chi connectivity index (χ0v) is 20.6. The standard InChI is InChI=1S/C25H36N2O4S/c1-19(28)27(21-18-20(8-11-24(2,3)4)32-22(21)23(29)30)25(9-6-5-7-10-25)12-13-26-14-16-31-17-15-26/h18H,5-7,9-10,12-17H2,1-4H3,(H,29,30). The molecule has 0 aromatic carbocycles. The summed E-state index contributed by atoms with van der Waals surface area (Å²) in [4.78, 5) is 30.3. The van der Waals surface area contributed by atoms with Crippen molar-refractivity contribution in [3.8, 4) is 11.8 Å². The van der Waals surface area contributed by atoms with Crippen molar-refractivity contribution < 1.29 is 19.4 Å². The molecule has 2 fully saturated rings. The highest BCUT2D eigenvalue weighted by Gasteiger charge is 2.42. The molecule has 0 spiro atoms. The van der Waals surface area contributed by atoms with Crippen LogP contribution in [0.1, 0.15) is 80.8 Å². The Morgan fingerprint density at radius 2 is 1.88 bits per heavy atom. The van der Waals surface area contributed by atoms with Crippen LogP contribution in [-0.4, -0.2) is 60.3 Å². The summed E-state index contributed by atoms with van der Waals surface area (Å²) in [5.74, 6) is 5.23. The van der Waals surface area contributed by atoms with Crippen LogP contribution in [-0.2, 0) is 9.53 Å². The first kappa shape index (κ1) is 24.8. The lowest BCUT2D eigenvalue weighted by Gasteiger charge is -2.47. The summed E-state index contributed by atoms with van der Waals surface area (Å²) in [5, 5.41) is 9.96. The van der Waals surface area contributed by atoms with Crippen LogP contribution in [0.5, 0.6) is 0 Å². The number of amides is 1. The number of carbonyl (C=O) groups excluding carboxylic acids is 1. The van der Waals surface area contributed by atoms with Gasteiger partial charge in [-0.2, -0.15) is 0 Å². The largest absolute Gasteiger partial charge is 0.477 e. The molecule has 1 aromatic heterocycles. The number of hydrogen-bond acceptors (Lipinski definition) is 5. The number of anilines is 1. The molecule has 1 saturated carbocycles. The average Bonchev–Trinajstić information content (AvgIpc) is 3.16. The molecule has 176 valence electrons. The number of thiophene rings is 1. The van der Waals surface area contributed by atoms with Crippen molar-refractivity contribution in [2.75, 3.05) is 37.7 Å². The number of carboxylic acids is 1. The van der Waals surface area contributed by atoms with Crippen molar-refractivity contribution in [1.29, 1.82) is 0 Å². The van der Waals surface area contributed by atoms with Gasteiger partial charge in [0.15, 0.2) is 0 Å². The number of ether oxygens (including phenoxy) is 1. The second-order valence-corrected chi connectivity index (χ2v) is 11.0. The summed E-state index contributed by atoms with van der Waals surface area (Å²) in [7, 11) is 0. The zero-order chi connectivity index (χ0) is 23.4. The van der Waals surface area contributed by atoms with Crippen LogP contribution in [0, 0.1) is 17.3 Å². The highest BCUT2D eigenvalue weighted by atomic mass is 32.1. The third-order valence-corrected chi connectivity index (χ3v) is 7.31. The zero-order valence-electron chi connectivity index (χ0n) is 19.8. The molecule has 1 amide bonds. The molecule has 1 aliphatic carbocycles. The van der Waals surface area contributed by atoms with E-state index in [2.05, 4.69) is 16.7 Å². The van der Waals surface area contributed by atoms with E-state index >= 15 is 0 Å². The number of hydrogen-bond donors (Lipinski definition) is 1. The van der Waals surface area contributed by atoms with Gasteiger partial charge in [-0.15, -0.1) is 11.3 Å². The minimum absolute atomic E-state index is 0.0930. The summed E-state index contributed by atoms with van der Waals surface area (Å²) in [6, 6.07) is 1.82. The van der Waals surface area contributed by atoms with E-state index in [1.807, 2.05) is 31.7 Å². The smallest absolute Gasteiger partial charge is 0.348 e. The van der Waals surface area contributed by atoms with E-state index in [9.17, 15) is 14.7 Å². The van der Waals surface area contributed by atoms with Crippen LogP contribution in [0.3, 0.4) is 0 Å². The fourth-order valence-electron chi connectivity index (χ4n) is 4.76. The van der Waals surface area contributed by atoms with Crippen LogP contribution in [0.25, 0.3) is 0 Å². The van der Waals surface area contributed by atoms with Crippen molar-refractivity contribution in [2.45, 2.75) is 71.8 Å². The quantitative estimate of drug-likeness (QED) is 0.627. The summed E-state index contributed by atoms with van der Waals surface area (Å²) < 4.78 is 5.48. The van der Waals surface area contributed by atoms with Gasteiger partial charge in [0, 0.05) is 37.5 Å². The molecule has 6 nitrogen and oxygen atoms in total. The Balaban J connectivity index is 1.99. The van der Waals surface area contributed by atoms with Crippen molar-refractivity contribution in [1.82, 2.24) is 4.90 Å². The molecule has 0 radical (unpaired) electrons. The monoisotopic (exact) mass is 460 g/mol. The van der Waals surface area contributed by atoms with Crippen LogP contribution in [0.4, 0.5) is 5.69 Å². The lowest BCUT2D eigenvalue weighted by Crippen LogP contribution is -2.55. The van der Waals surface area contributed by atoms with Gasteiger partial charge in [0.1, 0.15) is 4.88 Å². The van der Waals surface area contributed by atoms with Crippen molar-refractivity contribution in [2.24, 2.45) is 5.41 Å². The molecule has 1 aliphatic heterocycles. The highest BCUT2D eigenvalue weighted by Crippen LogP contribution is 2.43. The molecule has 3 rings (SSSR count). The summed E-state index contributed by atoms with van der Waals surface area (Å²) in [6.07, 6.45) is 5.89. The first-order valence-corrected chi connectivity index (χ1v) is 12.4. The molecular formula is C25H36N2O4S. The topological polar surface area (TPSA) is 70.1 Å². The van der Waals surface area contributed by atoms with Gasteiger partial charge >= 0.3 is 5.97 Å². The molecule has 1 N–H and O–H groups in total. The first-order valence-electron chi connectivity index (χ1n) is 11.6. The maximum Gasteiger partial charge on any atom is 0.348 e. The summed E-state index contributed by atoms with van der Waals surface area (Å²) in [6.45, 7) is 11.8. The van der Waals surface area contributed by atoms with Gasteiger partial charge in [-0.1, -0.05) is 31.1 Å². The Labute approximate surface area is 195 Å². The Morgan fingerprint density at radius 1 is 1.22 bits per heavy atom. The van der Waals surface area contributed by atoms with E-state index in [1.165, 1.54) is 11.3 Å². The second-order valence-electron chi connectivity index (χ2n) is 9.97. The third kappa shape index (κ3) is 6.12. The van der Waals surface area contributed by atoms with E-state index in [0.717, 1.165) is 71.4 Å². The Bertz CT molecular complexity index is 878. The van der Waals surface area contributed by atoms with Crippen molar-refractivity contribution in [3.63, 3.8) is 0 Å². The molecule has 0 unspecified atom stereocenters. The van der Waals surface area contributed by atoms with Gasteiger partial charge < -0.3 is 14.7 Å². The van der Waals surface area contributed by atoms with Gasteiger partial charge in [0.25, 0.3) is 0 Å². The molecule has 1 aromatic rings. The van der Waals surface area contributed by atoms with Crippen LogP contribution in [0.2, 0.25) is 0 Å². The van der Waals surface area contributed by atoms with Gasteiger partial charge in [-0.3, -0.25) is 9.69 Å². The summed E-state index contributed by atoms with van der Waals surface area (Å²) >= 11 is 1.17. The van der Waals surface area contributed by atoms with Crippen LogP contribution >= 0.6 is 11.3 Å². The Kier molecular flexibility index (Phi) is 8.02. The number of carbonyl (C=O) groups is 2. The molecule has 0 bridgehead atoms. The highest BCUT2D eigenvalue weighted by molar-refractivity contribution is 7.15. The predicted molar refractivity (Wildman–Crippen MR) is 128 cm³/mol. The van der Waals surface area contributed by atoms with Crippen LogP contribution in [0.15, 0.2) is 6.07 Å². The Morgan fingerprint density at radius 3 is 2.44 bits per heavy atom. The SMILES string of the molecule is CC(=O)N(c1cc(C#CC(C)(C)C)sc1C(=O)O)C1(CCN2CCOCC2)CCCCC1. The lowest BCUT2D eigenvalue weighted by molar-refractivity contribution is -0.118. The minimum Gasteiger partial charge on any atom is -0.477 e. The van der Waals surface area contributed by atoms with E-state index in [0.29, 0.717) is 10.6 Å². The normalized spacial score (nSPS) is 19.1. The minimum atomic E-state index is -1.00. The lowest BCUT2D eigenvalue weighted by atomic mass is 9.77. The van der Waals surface area contributed by atoms with E-state index < -0.39 is 5.97 Å². The summed E-state index contributed by atoms with van der Waals surface area (Å²) in [5.41, 5.74) is -0.0315. The number of carboxylic acid groups (broad SMARTS) is 1.